The van der Waals surface area contributed by atoms with E-state index in [0.717, 1.165) is 26.2 Å². The minimum atomic E-state index is -0.717. The molecule has 1 aliphatic rings. The number of nitrogens with zero attached hydrogens (tertiary/aromatic N) is 4. The summed E-state index contributed by atoms with van der Waals surface area (Å²) in [4.78, 5) is 14.5. The Kier molecular flexibility index (Phi) is 8.27. The molecule has 3 heterocycles. The molecule has 0 spiro atoms. The maximum atomic E-state index is 5.90. The first-order valence-corrected chi connectivity index (χ1v) is 11.8. The van der Waals surface area contributed by atoms with E-state index < -0.39 is 12.4 Å². The fourth-order valence-electron chi connectivity index (χ4n) is 3.92. The molecule has 0 unspecified atom stereocenters. The molecule has 4 rings (SSSR count). The number of rotatable bonds is 8. The van der Waals surface area contributed by atoms with Crippen molar-refractivity contribution in [3.8, 4) is 17.1 Å². The minimum absolute atomic E-state index is 0.241. The van der Waals surface area contributed by atoms with Crippen LogP contribution in [-0.4, -0.2) is 72.8 Å². The molecule has 1 aromatic carbocycles. The molecule has 0 radical (unpaired) electrons. The lowest BCUT2D eigenvalue weighted by Crippen LogP contribution is -2.59. The van der Waals surface area contributed by atoms with Gasteiger partial charge in [-0.05, 0) is 47.2 Å². The summed E-state index contributed by atoms with van der Waals surface area (Å²) in [5, 5.41) is 4.12. The Hall–Kier alpha value is -2.38. The number of aromatic nitrogens is 3. The van der Waals surface area contributed by atoms with Gasteiger partial charge in [-0.3, -0.25) is 4.57 Å². The van der Waals surface area contributed by atoms with Crippen molar-refractivity contribution < 1.29 is 23.8 Å². The van der Waals surface area contributed by atoms with Crippen LogP contribution in [0.1, 0.15) is 12.5 Å². The van der Waals surface area contributed by atoms with Crippen molar-refractivity contribution >= 4 is 28.8 Å². The molecule has 9 nitrogen and oxygen atoms in total. The molecule has 34 heavy (non-hydrogen) atoms. The predicted molar refractivity (Wildman–Crippen MR) is 135 cm³/mol. The van der Waals surface area contributed by atoms with E-state index in [-0.39, 0.29) is 18.3 Å². The number of imidazole rings is 1. The zero-order valence-electron chi connectivity index (χ0n) is 19.4. The molecular formula is C24H27IN4O5. The molecule has 2 aromatic heterocycles. The molecule has 1 aliphatic heterocycles. The van der Waals surface area contributed by atoms with Crippen molar-refractivity contribution in [1.29, 1.82) is 0 Å². The molecule has 3 aromatic rings. The van der Waals surface area contributed by atoms with Crippen LogP contribution in [0.4, 0.5) is 0 Å². The standard InChI is InChI=1S/C24H27IN4O5/c1-15-21(30-2)22(31-3)23(32-4)24(33-15)34-28-12-16-5-7-17(8-6-16)19-13-29(14-27-19)20-11-18(25)9-10-26-20/h5-15,21-24H,1-4H3/b28-12+/t15-,21-,22+,23+,24-/m0/s1. The average Bonchev–Trinajstić information content (AvgIpc) is 3.34. The molecular weight excluding hydrogens is 551 g/mol. The molecule has 0 saturated carbocycles. The van der Waals surface area contributed by atoms with E-state index in [0.29, 0.717) is 0 Å². The van der Waals surface area contributed by atoms with Gasteiger partial charge in [0.05, 0.1) is 18.0 Å². The van der Waals surface area contributed by atoms with Gasteiger partial charge in [0, 0.05) is 42.9 Å². The van der Waals surface area contributed by atoms with Crippen molar-refractivity contribution in [2.24, 2.45) is 5.16 Å². The van der Waals surface area contributed by atoms with Crippen LogP contribution >= 0.6 is 22.6 Å². The number of hydrogen-bond acceptors (Lipinski definition) is 8. The van der Waals surface area contributed by atoms with E-state index in [9.17, 15) is 0 Å². The lowest BCUT2D eigenvalue weighted by atomic mass is 9.99. The van der Waals surface area contributed by atoms with Gasteiger partial charge < -0.3 is 23.8 Å². The molecule has 0 amide bonds. The number of pyridine rings is 1. The molecule has 0 bridgehead atoms. The van der Waals surface area contributed by atoms with Crippen LogP contribution in [0.3, 0.4) is 0 Å². The Balaban J connectivity index is 1.41. The second-order valence-electron chi connectivity index (χ2n) is 7.77. The van der Waals surface area contributed by atoms with E-state index in [1.54, 1.807) is 40.1 Å². The van der Waals surface area contributed by atoms with Gasteiger partial charge in [-0.15, -0.1) is 0 Å². The van der Waals surface area contributed by atoms with Crippen molar-refractivity contribution in [2.75, 3.05) is 21.3 Å². The number of benzene rings is 1. The van der Waals surface area contributed by atoms with Gasteiger partial charge in [0.15, 0.2) is 6.10 Å². The predicted octanol–water partition coefficient (Wildman–Crippen LogP) is 3.68. The monoisotopic (exact) mass is 578 g/mol. The van der Waals surface area contributed by atoms with Gasteiger partial charge in [-0.2, -0.15) is 0 Å². The molecule has 0 aliphatic carbocycles. The second kappa shape index (κ2) is 11.4. The zero-order chi connectivity index (χ0) is 24.1. The largest absolute Gasteiger partial charge is 0.376 e. The van der Waals surface area contributed by atoms with Crippen LogP contribution in [-0.2, 0) is 23.8 Å². The first-order valence-electron chi connectivity index (χ1n) is 10.7. The number of ether oxygens (including phenoxy) is 4. The summed E-state index contributed by atoms with van der Waals surface area (Å²) in [7, 11) is 4.82. The summed E-state index contributed by atoms with van der Waals surface area (Å²) >= 11 is 2.27. The van der Waals surface area contributed by atoms with Crippen LogP contribution in [0.2, 0.25) is 0 Å². The zero-order valence-corrected chi connectivity index (χ0v) is 21.5. The quantitative estimate of drug-likeness (QED) is 0.229. The highest BCUT2D eigenvalue weighted by molar-refractivity contribution is 14.1. The van der Waals surface area contributed by atoms with E-state index in [1.807, 2.05) is 54.1 Å². The molecule has 1 saturated heterocycles. The second-order valence-corrected chi connectivity index (χ2v) is 9.02. The number of oxime groups is 1. The van der Waals surface area contributed by atoms with Gasteiger partial charge in [0.2, 0.25) is 0 Å². The molecule has 5 atom stereocenters. The summed E-state index contributed by atoms with van der Waals surface area (Å²) < 4.78 is 25.6. The molecule has 180 valence electrons. The highest BCUT2D eigenvalue weighted by atomic mass is 127. The van der Waals surface area contributed by atoms with Gasteiger partial charge in [0.1, 0.15) is 24.4 Å². The van der Waals surface area contributed by atoms with Gasteiger partial charge in [-0.1, -0.05) is 29.4 Å². The summed E-state index contributed by atoms with van der Waals surface area (Å²) in [6.07, 6.45) is 5.08. The minimum Gasteiger partial charge on any atom is -0.376 e. The maximum Gasteiger partial charge on any atom is 0.256 e. The SMILES string of the molecule is CO[C@@H]1[C@@H](OC)[C@H](C)O[C@@H](O/N=C/c2ccc(-c3cn(-c4cc(I)ccn4)cn3)cc2)[C@@H]1OC. The topological polar surface area (TPSA) is 89.2 Å². The van der Waals surface area contributed by atoms with Crippen LogP contribution in [0, 0.1) is 3.57 Å². The van der Waals surface area contributed by atoms with Crippen molar-refractivity contribution in [3.63, 3.8) is 0 Å². The Labute approximate surface area is 212 Å². The lowest BCUT2D eigenvalue weighted by Gasteiger charge is -2.42. The first kappa shape index (κ1) is 24.7. The molecule has 10 heteroatoms. The highest BCUT2D eigenvalue weighted by Gasteiger charge is 2.46. The van der Waals surface area contributed by atoms with Crippen LogP contribution in [0.25, 0.3) is 17.1 Å². The summed E-state index contributed by atoms with van der Waals surface area (Å²) in [6, 6.07) is 11.8. The van der Waals surface area contributed by atoms with Crippen molar-refractivity contribution in [3.05, 3.63) is 64.3 Å². The van der Waals surface area contributed by atoms with Crippen molar-refractivity contribution in [2.45, 2.75) is 37.6 Å². The molecule has 1 fully saturated rings. The summed E-state index contributed by atoms with van der Waals surface area (Å²) in [5.74, 6) is 0.827. The number of halogens is 1. The Morgan fingerprint density at radius 2 is 1.74 bits per heavy atom. The third-order valence-electron chi connectivity index (χ3n) is 5.67. The summed E-state index contributed by atoms with van der Waals surface area (Å²) in [6.45, 7) is 1.90. The third kappa shape index (κ3) is 5.47. The fraction of sp³-hybridized carbons (Fsp3) is 0.375. The first-order chi connectivity index (χ1) is 16.5. The van der Waals surface area contributed by atoms with E-state index in [2.05, 4.69) is 37.7 Å². The van der Waals surface area contributed by atoms with Crippen LogP contribution < -0.4 is 0 Å². The average molecular weight is 578 g/mol. The maximum absolute atomic E-state index is 5.90. The third-order valence-corrected chi connectivity index (χ3v) is 6.34. The smallest absolute Gasteiger partial charge is 0.256 e. The van der Waals surface area contributed by atoms with Crippen LogP contribution in [0.15, 0.2) is 60.3 Å². The van der Waals surface area contributed by atoms with Gasteiger partial charge in [-0.25, -0.2) is 9.97 Å². The van der Waals surface area contributed by atoms with E-state index >= 15 is 0 Å². The van der Waals surface area contributed by atoms with E-state index in [1.165, 1.54) is 0 Å². The Bertz CT molecular complexity index is 1110. The molecule has 0 N–H and O–H groups in total. The van der Waals surface area contributed by atoms with Crippen molar-refractivity contribution in [1.82, 2.24) is 14.5 Å². The van der Waals surface area contributed by atoms with Crippen LogP contribution in [0.5, 0.6) is 0 Å². The normalized spacial score (nSPS) is 25.0. The fourth-order valence-corrected chi connectivity index (χ4v) is 4.36. The van der Waals surface area contributed by atoms with Gasteiger partial charge >= 0.3 is 0 Å². The number of hydrogen-bond donors (Lipinski definition) is 0. The lowest BCUT2D eigenvalue weighted by molar-refractivity contribution is -0.305. The highest BCUT2D eigenvalue weighted by Crippen LogP contribution is 2.27. The van der Waals surface area contributed by atoms with Gasteiger partial charge in [0.25, 0.3) is 6.29 Å². The Morgan fingerprint density at radius 3 is 2.41 bits per heavy atom. The Morgan fingerprint density at radius 1 is 1.00 bits per heavy atom. The number of methoxy groups -OCH3 is 3. The van der Waals surface area contributed by atoms with E-state index in [4.69, 9.17) is 23.8 Å². The summed E-state index contributed by atoms with van der Waals surface area (Å²) in [5.41, 5.74) is 2.71.